The van der Waals surface area contributed by atoms with Crippen LogP contribution in [0, 0.1) is 17.0 Å². The molecule has 4 aromatic rings. The number of benzene rings is 4. The number of hydrogen-bond donors (Lipinski definition) is 3. The largest absolute Gasteiger partial charge is 0.393 e. The number of carbonyl (C=O) groups excluding carboxylic acids is 1. The summed E-state index contributed by atoms with van der Waals surface area (Å²) in [6, 6.07) is 28.3. The molecule has 8 rings (SSSR count). The van der Waals surface area contributed by atoms with Crippen LogP contribution in [0.15, 0.2) is 109 Å². The molecule has 0 amide bonds. The average Bonchev–Trinajstić information content (AvgIpc) is 3.73. The molecule has 5 atom stereocenters. The number of likely N-dealkylation sites (tertiary alicyclic amines) is 1. The number of aliphatic hydroxyl groups excluding tert-OH is 1. The number of β-amino-alcohol motifs (C(OH)–C–C–N with tert-alkyl or cyclic N) is 1. The Balaban J connectivity index is 1.30. The SMILES string of the molecule is CC1=CCC[C@@]2(C)[C@@H](CC[C@@]2(O)CN2CCC[C@@H]2C(O)(c2ccccc2)c2ccccc2)c2ccc(cc2C(=O)c2ccc(F)c(F)c2)C[C@@H](O)CC1. The lowest BCUT2D eigenvalue weighted by Gasteiger charge is -2.48. The summed E-state index contributed by atoms with van der Waals surface area (Å²) >= 11 is 0. The molecule has 1 saturated heterocycles. The molecule has 5 nitrogen and oxygen atoms in total. The molecule has 53 heavy (non-hydrogen) atoms. The molecule has 1 heterocycles. The van der Waals surface area contributed by atoms with Gasteiger partial charge in [0.15, 0.2) is 17.4 Å². The average molecular weight is 720 g/mol. The summed E-state index contributed by atoms with van der Waals surface area (Å²) in [6.45, 7) is 5.32. The second-order valence-electron chi connectivity index (χ2n) is 16.0. The van der Waals surface area contributed by atoms with Crippen molar-refractivity contribution >= 4 is 5.78 Å². The molecule has 3 aliphatic carbocycles. The fraction of sp³-hybridized carbons (Fsp3) is 0.413. The third kappa shape index (κ3) is 7.05. The van der Waals surface area contributed by atoms with Gasteiger partial charge in [0.1, 0.15) is 5.60 Å². The third-order valence-electron chi connectivity index (χ3n) is 12.8. The molecule has 2 bridgehead atoms. The number of fused-ring (bicyclic) bond motifs is 8. The zero-order valence-electron chi connectivity index (χ0n) is 30.8. The zero-order chi connectivity index (χ0) is 37.4. The van der Waals surface area contributed by atoms with Gasteiger partial charge in [0.05, 0.1) is 11.7 Å². The fourth-order valence-corrected chi connectivity index (χ4v) is 9.75. The van der Waals surface area contributed by atoms with E-state index in [9.17, 15) is 28.9 Å². The zero-order valence-corrected chi connectivity index (χ0v) is 30.8. The lowest BCUT2D eigenvalue weighted by Crippen LogP contribution is -2.57. The first-order valence-electron chi connectivity index (χ1n) is 19.2. The van der Waals surface area contributed by atoms with Crippen LogP contribution in [0.5, 0.6) is 0 Å². The van der Waals surface area contributed by atoms with Gasteiger partial charge in [-0.1, -0.05) is 91.4 Å². The normalized spacial score (nSPS) is 26.9. The first-order valence-corrected chi connectivity index (χ1v) is 19.2. The first kappa shape index (κ1) is 37.3. The Morgan fingerprint density at radius 2 is 1.58 bits per heavy atom. The predicted molar refractivity (Wildman–Crippen MR) is 204 cm³/mol. The van der Waals surface area contributed by atoms with Crippen molar-refractivity contribution in [2.24, 2.45) is 5.41 Å². The Bertz CT molecular complexity index is 1930. The minimum absolute atomic E-state index is 0.0542. The number of nitrogens with zero attached hydrogens (tertiary/aromatic N) is 1. The smallest absolute Gasteiger partial charge is 0.193 e. The van der Waals surface area contributed by atoms with Crippen LogP contribution in [0.4, 0.5) is 8.78 Å². The van der Waals surface area contributed by atoms with E-state index in [-0.39, 0.29) is 17.5 Å². The number of carbonyl (C=O) groups is 1. The van der Waals surface area contributed by atoms with Gasteiger partial charge in [-0.3, -0.25) is 9.69 Å². The van der Waals surface area contributed by atoms with Gasteiger partial charge in [-0.25, -0.2) is 8.78 Å². The number of rotatable bonds is 7. The van der Waals surface area contributed by atoms with Gasteiger partial charge in [0, 0.05) is 29.1 Å². The maximum Gasteiger partial charge on any atom is 0.193 e. The number of halogens is 2. The van der Waals surface area contributed by atoms with Crippen molar-refractivity contribution in [3.05, 3.63) is 154 Å². The van der Waals surface area contributed by atoms with E-state index in [1.165, 1.54) is 11.6 Å². The first-order chi connectivity index (χ1) is 25.4. The van der Waals surface area contributed by atoms with Crippen LogP contribution in [0.25, 0.3) is 0 Å². The summed E-state index contributed by atoms with van der Waals surface area (Å²) < 4.78 is 28.4. The highest BCUT2D eigenvalue weighted by Crippen LogP contribution is 2.59. The molecule has 7 heteroatoms. The summed E-state index contributed by atoms with van der Waals surface area (Å²) in [5.41, 5.74) is 1.67. The van der Waals surface area contributed by atoms with Crippen molar-refractivity contribution in [2.45, 2.75) is 101 Å². The molecular formula is C46H51F2NO4. The summed E-state index contributed by atoms with van der Waals surface area (Å²) in [5, 5.41) is 36.9. The van der Waals surface area contributed by atoms with E-state index >= 15 is 0 Å². The van der Waals surface area contributed by atoms with E-state index in [4.69, 9.17) is 0 Å². The maximum absolute atomic E-state index is 14.5. The second kappa shape index (κ2) is 15.0. The van der Waals surface area contributed by atoms with Gasteiger partial charge in [-0.05, 0) is 124 Å². The highest BCUT2D eigenvalue weighted by atomic mass is 19.2. The van der Waals surface area contributed by atoms with Crippen molar-refractivity contribution in [3.63, 3.8) is 0 Å². The Kier molecular flexibility index (Phi) is 10.6. The van der Waals surface area contributed by atoms with Crippen LogP contribution in [-0.2, 0) is 12.0 Å². The fourth-order valence-electron chi connectivity index (χ4n) is 9.75. The van der Waals surface area contributed by atoms with Gasteiger partial charge in [-0.2, -0.15) is 0 Å². The highest BCUT2D eigenvalue weighted by molar-refractivity contribution is 6.10. The standard InChI is InChI=1S/C46H51F2NO4/c1-31-11-9-24-44(2)39(37-21-18-32(27-36(50)20-17-31)28-38(37)43(51)33-19-22-40(47)41(48)29-33)23-25-45(44,52)30-49-26-10-16-42(49)46(53,34-12-5-3-6-13-34)35-14-7-4-8-15-35/h3-8,11-15,18-19,21-22,28-29,36,39,42,50,52-53H,9-10,16-17,20,23-27,30H2,1-2H3/t36-,39-,42+,44-,45+/m0/s1. The lowest BCUT2D eigenvalue weighted by molar-refractivity contribution is -0.101. The molecule has 1 saturated carbocycles. The molecule has 0 aromatic heterocycles. The molecule has 3 N–H and O–H groups in total. The number of aliphatic hydroxyl groups is 3. The van der Waals surface area contributed by atoms with Gasteiger partial charge in [0.25, 0.3) is 0 Å². The van der Waals surface area contributed by atoms with E-state index < -0.39 is 40.1 Å². The molecule has 1 aliphatic heterocycles. The van der Waals surface area contributed by atoms with Crippen LogP contribution < -0.4 is 0 Å². The van der Waals surface area contributed by atoms with E-state index in [0.29, 0.717) is 50.6 Å². The maximum atomic E-state index is 14.5. The van der Waals surface area contributed by atoms with E-state index in [0.717, 1.165) is 60.2 Å². The van der Waals surface area contributed by atoms with Crippen LogP contribution in [0.2, 0.25) is 0 Å². The summed E-state index contributed by atoms with van der Waals surface area (Å²) in [4.78, 5) is 16.6. The number of hydrogen-bond acceptors (Lipinski definition) is 5. The van der Waals surface area contributed by atoms with Crippen LogP contribution in [0.3, 0.4) is 0 Å². The van der Waals surface area contributed by atoms with Crippen molar-refractivity contribution in [2.75, 3.05) is 13.1 Å². The summed E-state index contributed by atoms with van der Waals surface area (Å²) in [6.07, 6.45) is 7.40. The Labute approximate surface area is 312 Å². The Morgan fingerprint density at radius 1 is 0.887 bits per heavy atom. The minimum Gasteiger partial charge on any atom is -0.393 e. The Hall–Kier alpha value is -4.01. The monoisotopic (exact) mass is 719 g/mol. The van der Waals surface area contributed by atoms with Gasteiger partial charge >= 0.3 is 0 Å². The molecule has 0 unspecified atom stereocenters. The quantitative estimate of drug-likeness (QED) is 0.132. The molecule has 0 radical (unpaired) electrons. The van der Waals surface area contributed by atoms with Gasteiger partial charge in [-0.15, -0.1) is 0 Å². The topological polar surface area (TPSA) is 81.0 Å². The molecule has 0 spiro atoms. The van der Waals surface area contributed by atoms with Crippen molar-refractivity contribution in [1.82, 2.24) is 4.90 Å². The molecular weight excluding hydrogens is 669 g/mol. The van der Waals surface area contributed by atoms with E-state index in [2.05, 4.69) is 24.8 Å². The number of ketones is 1. The second-order valence-corrected chi connectivity index (χ2v) is 16.0. The van der Waals surface area contributed by atoms with Gasteiger partial charge < -0.3 is 15.3 Å². The van der Waals surface area contributed by atoms with Crippen LogP contribution in [-0.4, -0.2) is 56.8 Å². The molecule has 278 valence electrons. The van der Waals surface area contributed by atoms with E-state index in [1.807, 2.05) is 78.9 Å². The highest BCUT2D eigenvalue weighted by Gasteiger charge is 2.59. The molecule has 4 aromatic carbocycles. The minimum atomic E-state index is -1.30. The molecule has 4 aliphatic rings. The molecule has 2 fully saturated rings. The number of allylic oxidation sites excluding steroid dienone is 2. The third-order valence-corrected chi connectivity index (χ3v) is 12.8. The van der Waals surface area contributed by atoms with Crippen molar-refractivity contribution in [1.29, 1.82) is 0 Å². The van der Waals surface area contributed by atoms with Crippen molar-refractivity contribution in [3.8, 4) is 0 Å². The van der Waals surface area contributed by atoms with Crippen molar-refractivity contribution < 1.29 is 28.9 Å². The lowest BCUT2D eigenvalue weighted by atomic mass is 9.64. The van der Waals surface area contributed by atoms with Crippen LogP contribution in [0.1, 0.15) is 109 Å². The Morgan fingerprint density at radius 3 is 2.26 bits per heavy atom. The van der Waals surface area contributed by atoms with E-state index in [1.54, 1.807) is 0 Å². The van der Waals surface area contributed by atoms with Crippen LogP contribution >= 0.6 is 0 Å². The summed E-state index contributed by atoms with van der Waals surface area (Å²) in [7, 11) is 0. The predicted octanol–water partition coefficient (Wildman–Crippen LogP) is 8.63. The summed E-state index contributed by atoms with van der Waals surface area (Å²) in [5.74, 6) is -2.74. The van der Waals surface area contributed by atoms with Gasteiger partial charge in [0.2, 0.25) is 0 Å².